The van der Waals surface area contributed by atoms with Crippen molar-refractivity contribution in [1.29, 1.82) is 0 Å². The molecule has 2 aliphatic rings. The number of rotatable bonds is 12. The van der Waals surface area contributed by atoms with Gasteiger partial charge in [0.1, 0.15) is 35.2 Å². The summed E-state index contributed by atoms with van der Waals surface area (Å²) in [6.07, 6.45) is 3.13. The second kappa shape index (κ2) is 19.8. The smallest absolute Gasteiger partial charge is 0.408 e. The van der Waals surface area contributed by atoms with Gasteiger partial charge in [-0.2, -0.15) is 0 Å². The summed E-state index contributed by atoms with van der Waals surface area (Å²) in [6, 6.07) is 31.4. The standard InChI is InChI=1S/C51H59N7O7/c1-50(2,3)64-48(62)55-42(37-15-9-7-10-16-37)46(60)57-29-13-19-40(57)44-52-32-39(54-44)36-27-25-35(26-28-36)34-23-21-33(22-24-34)31-53-45(59)41-20-14-30-58(41)47(61)43(38-17-11-8-12-18-38)56-49(63)65-51(4,5)6/h7-12,15-18,21-28,32,40-43H,13-14,19-20,29-31H2,1-6H3,(H,52,54)(H,53,59)(H,55,62)(H,56,63)/t40-,41-,42+,43+/m0/s1. The highest BCUT2D eigenvalue weighted by Gasteiger charge is 2.40. The van der Waals surface area contributed by atoms with Gasteiger partial charge in [0.2, 0.25) is 5.91 Å². The van der Waals surface area contributed by atoms with E-state index in [1.807, 2.05) is 84.9 Å². The Bertz CT molecular complexity index is 2440. The van der Waals surface area contributed by atoms with Gasteiger partial charge in [-0.15, -0.1) is 0 Å². The van der Waals surface area contributed by atoms with Gasteiger partial charge < -0.3 is 40.2 Å². The number of carbonyl (C=O) groups is 5. The van der Waals surface area contributed by atoms with Gasteiger partial charge in [-0.25, -0.2) is 14.6 Å². The first-order chi connectivity index (χ1) is 31.0. The lowest BCUT2D eigenvalue weighted by Gasteiger charge is -2.29. The highest BCUT2D eigenvalue weighted by Crippen LogP contribution is 2.35. The molecule has 0 spiro atoms. The summed E-state index contributed by atoms with van der Waals surface area (Å²) in [6.45, 7) is 11.8. The third-order valence-corrected chi connectivity index (χ3v) is 11.3. The van der Waals surface area contributed by atoms with E-state index < -0.39 is 41.5 Å². The number of hydrogen-bond acceptors (Lipinski definition) is 8. The van der Waals surface area contributed by atoms with Gasteiger partial charge in [-0.05, 0) is 101 Å². The lowest BCUT2D eigenvalue weighted by atomic mass is 10.0. The van der Waals surface area contributed by atoms with Crippen LogP contribution in [0.1, 0.15) is 108 Å². The lowest BCUT2D eigenvalue weighted by molar-refractivity contribution is -0.140. The van der Waals surface area contributed by atoms with Crippen LogP contribution in [0, 0.1) is 0 Å². The normalized spacial score (nSPS) is 17.2. The van der Waals surface area contributed by atoms with Gasteiger partial charge in [0.05, 0.1) is 17.9 Å². The first kappa shape index (κ1) is 46.0. The molecule has 0 unspecified atom stereocenters. The van der Waals surface area contributed by atoms with Gasteiger partial charge in [-0.1, -0.05) is 109 Å². The number of carbonyl (C=O) groups excluding carboxylic acids is 5. The summed E-state index contributed by atoms with van der Waals surface area (Å²) in [5.74, 6) is -0.157. The molecule has 0 bridgehead atoms. The van der Waals surface area contributed by atoms with Gasteiger partial charge in [-0.3, -0.25) is 14.4 Å². The first-order valence-electron chi connectivity index (χ1n) is 22.3. The topological polar surface area (TPSA) is 175 Å². The Balaban J connectivity index is 0.957. The minimum Gasteiger partial charge on any atom is -0.444 e. The van der Waals surface area contributed by atoms with Gasteiger partial charge in [0, 0.05) is 19.6 Å². The van der Waals surface area contributed by atoms with E-state index in [0.29, 0.717) is 42.9 Å². The summed E-state index contributed by atoms with van der Waals surface area (Å²) in [5, 5.41) is 8.56. The number of nitrogens with zero attached hydrogens (tertiary/aromatic N) is 3. The largest absolute Gasteiger partial charge is 0.444 e. The SMILES string of the molecule is CC(C)(C)OC(=O)N[C@@H](C(=O)N1CCC[C@H]1C(=O)NCc1ccc(-c2ccc(-c3cnc([C@@H]4CCCN4C(=O)[C@H](NC(=O)OC(C)(C)C)c4ccccc4)[nH]3)cc2)cc1)c1ccccc1. The number of aromatic amines is 1. The Morgan fingerprint density at radius 1 is 0.646 bits per heavy atom. The first-order valence-corrected chi connectivity index (χ1v) is 22.3. The van der Waals surface area contributed by atoms with Crippen LogP contribution in [-0.4, -0.2) is 80.0 Å². The van der Waals surface area contributed by atoms with Gasteiger partial charge in [0.25, 0.3) is 11.8 Å². The average molecular weight is 882 g/mol. The molecule has 4 N–H and O–H groups in total. The minimum absolute atomic E-state index is 0.226. The maximum absolute atomic E-state index is 14.1. The number of aromatic nitrogens is 2. The molecule has 2 aliphatic heterocycles. The van der Waals surface area contributed by atoms with Crippen molar-refractivity contribution < 1.29 is 33.4 Å². The molecule has 0 saturated carbocycles. The maximum Gasteiger partial charge on any atom is 0.408 e. The summed E-state index contributed by atoms with van der Waals surface area (Å²) < 4.78 is 11.0. The molecule has 0 aliphatic carbocycles. The zero-order valence-corrected chi connectivity index (χ0v) is 37.9. The van der Waals surface area contributed by atoms with Crippen LogP contribution in [0.2, 0.25) is 0 Å². The number of benzene rings is 4. The average Bonchev–Trinajstić information content (AvgIpc) is 4.08. The zero-order valence-electron chi connectivity index (χ0n) is 37.9. The van der Waals surface area contributed by atoms with Crippen LogP contribution >= 0.6 is 0 Å². The Kier molecular flexibility index (Phi) is 14.0. The van der Waals surface area contributed by atoms with Crippen molar-refractivity contribution in [2.45, 2.75) is 109 Å². The van der Waals surface area contributed by atoms with E-state index in [0.717, 1.165) is 40.8 Å². The number of hydrogen-bond donors (Lipinski definition) is 4. The monoisotopic (exact) mass is 881 g/mol. The van der Waals surface area contributed by atoms with E-state index in [1.165, 1.54) is 0 Å². The van der Waals surface area contributed by atoms with E-state index in [2.05, 4.69) is 20.9 Å². The molecule has 3 heterocycles. The van der Waals surface area contributed by atoms with Crippen molar-refractivity contribution in [2.24, 2.45) is 0 Å². The van der Waals surface area contributed by atoms with Crippen LogP contribution < -0.4 is 16.0 Å². The fourth-order valence-corrected chi connectivity index (χ4v) is 8.28. The molecular weight excluding hydrogens is 823 g/mol. The van der Waals surface area contributed by atoms with E-state index in [1.54, 1.807) is 81.8 Å². The summed E-state index contributed by atoms with van der Waals surface area (Å²) >= 11 is 0. The van der Waals surface area contributed by atoms with E-state index in [-0.39, 0.29) is 30.3 Å². The number of H-pyrrole nitrogens is 1. The number of nitrogens with one attached hydrogen (secondary N) is 4. The molecule has 5 amide bonds. The predicted octanol–water partition coefficient (Wildman–Crippen LogP) is 8.55. The number of imidazole rings is 1. The molecule has 4 aromatic carbocycles. The van der Waals surface area contributed by atoms with E-state index in [4.69, 9.17) is 14.5 Å². The third kappa shape index (κ3) is 11.8. The summed E-state index contributed by atoms with van der Waals surface area (Å²) in [5.41, 5.74) is 4.48. The Morgan fingerprint density at radius 2 is 1.12 bits per heavy atom. The fraction of sp³-hybridized carbons (Fsp3) is 0.373. The Morgan fingerprint density at radius 3 is 1.66 bits per heavy atom. The van der Waals surface area contributed by atoms with Crippen molar-refractivity contribution >= 4 is 29.9 Å². The molecule has 65 heavy (non-hydrogen) atoms. The molecule has 7 rings (SSSR count). The maximum atomic E-state index is 14.1. The second-order valence-electron chi connectivity index (χ2n) is 18.5. The predicted molar refractivity (Wildman–Crippen MR) is 247 cm³/mol. The molecular formula is C51H59N7O7. The lowest BCUT2D eigenvalue weighted by Crippen LogP contribution is -2.50. The number of alkyl carbamates (subject to hydrolysis) is 2. The van der Waals surface area contributed by atoms with Crippen LogP contribution in [0.3, 0.4) is 0 Å². The van der Waals surface area contributed by atoms with Crippen LogP contribution in [0.4, 0.5) is 9.59 Å². The quantitative estimate of drug-likeness (QED) is 0.0965. The zero-order chi connectivity index (χ0) is 46.3. The molecule has 4 atom stereocenters. The van der Waals surface area contributed by atoms with Crippen LogP contribution in [0.5, 0.6) is 0 Å². The van der Waals surface area contributed by atoms with Gasteiger partial charge >= 0.3 is 12.2 Å². The Hall–Kier alpha value is -6.96. The molecule has 2 saturated heterocycles. The van der Waals surface area contributed by atoms with Crippen molar-refractivity contribution in [3.05, 3.63) is 138 Å². The number of likely N-dealkylation sites (tertiary alicyclic amines) is 2. The number of ether oxygens (including phenoxy) is 2. The van der Waals surface area contributed by atoms with Crippen LogP contribution in [-0.2, 0) is 30.4 Å². The molecule has 5 aromatic rings. The summed E-state index contributed by atoms with van der Waals surface area (Å²) in [7, 11) is 0. The van der Waals surface area contributed by atoms with Crippen molar-refractivity contribution in [3.8, 4) is 22.4 Å². The fourth-order valence-electron chi connectivity index (χ4n) is 8.28. The van der Waals surface area contributed by atoms with Gasteiger partial charge in [0.15, 0.2) is 0 Å². The van der Waals surface area contributed by atoms with Crippen molar-refractivity contribution in [1.82, 2.24) is 35.7 Å². The van der Waals surface area contributed by atoms with Crippen LogP contribution in [0.25, 0.3) is 22.4 Å². The molecule has 0 radical (unpaired) electrons. The minimum atomic E-state index is -1.01. The number of amides is 5. The molecule has 2 fully saturated rings. The van der Waals surface area contributed by atoms with E-state index in [9.17, 15) is 24.0 Å². The molecule has 14 heteroatoms. The highest BCUT2D eigenvalue weighted by molar-refractivity contribution is 5.92. The third-order valence-electron chi connectivity index (χ3n) is 11.3. The molecule has 340 valence electrons. The molecule has 14 nitrogen and oxygen atoms in total. The van der Waals surface area contributed by atoms with Crippen molar-refractivity contribution in [3.63, 3.8) is 0 Å². The van der Waals surface area contributed by atoms with Crippen molar-refractivity contribution in [2.75, 3.05) is 13.1 Å². The molecule has 1 aromatic heterocycles. The summed E-state index contributed by atoms with van der Waals surface area (Å²) in [4.78, 5) is 78.8. The Labute approximate surface area is 380 Å². The highest BCUT2D eigenvalue weighted by atomic mass is 16.6. The van der Waals surface area contributed by atoms with E-state index >= 15 is 0 Å². The second-order valence-corrected chi connectivity index (χ2v) is 18.5. The van der Waals surface area contributed by atoms with Crippen LogP contribution in [0.15, 0.2) is 115 Å².